The second-order valence-corrected chi connectivity index (χ2v) is 18.9. The highest BCUT2D eigenvalue weighted by atomic mass is 15.3. The van der Waals surface area contributed by atoms with Gasteiger partial charge in [-0.05, 0) is 188 Å². The van der Waals surface area contributed by atoms with Crippen LogP contribution in [0.2, 0.25) is 0 Å². The highest BCUT2D eigenvalue weighted by molar-refractivity contribution is 5.75. The largest absolute Gasteiger partial charge is 0.0467 e. The maximum Gasteiger partial charge on any atom is -0.00909 e. The van der Waals surface area contributed by atoms with Crippen LogP contribution < -0.4 is 0 Å². The van der Waals surface area contributed by atoms with Crippen LogP contribution in [0.5, 0.6) is 0 Å². The minimum absolute atomic E-state index is 1.06. The smallest absolute Gasteiger partial charge is 0.00909 e. The first-order valence-corrected chi connectivity index (χ1v) is 15.9. The molecule has 18 aliphatic rings. The van der Waals surface area contributed by atoms with E-state index in [0.29, 0.717) is 0 Å². The third kappa shape index (κ3) is 0.465. The van der Waals surface area contributed by atoms with E-state index in [2.05, 4.69) is 0 Å². The third-order valence-electron chi connectivity index (χ3n) is 23.0. The van der Waals surface area contributed by atoms with Gasteiger partial charge in [0.15, 0.2) is 0 Å². The van der Waals surface area contributed by atoms with Crippen molar-refractivity contribution < 1.29 is 0 Å². The Balaban J connectivity index is 0.984. The van der Waals surface area contributed by atoms with E-state index in [1.807, 2.05) is 0 Å². The molecular weight excluding hydrogens is 384 g/mol. The number of fused-ring (bicyclic) bond motifs is 10. The van der Waals surface area contributed by atoms with Crippen molar-refractivity contribution in [2.24, 2.45) is 163 Å². The molecule has 0 aromatic rings. The number of hydrogen-bond donors (Lipinski definition) is 0. The van der Waals surface area contributed by atoms with E-state index < -0.39 is 0 Å². The van der Waals surface area contributed by atoms with Crippen molar-refractivity contribution in [3.8, 4) is 0 Å². The zero-order chi connectivity index (χ0) is 18.5. The molecule has 0 bridgehead atoms. The summed E-state index contributed by atoms with van der Waals surface area (Å²) < 4.78 is 0. The van der Waals surface area contributed by atoms with Crippen molar-refractivity contribution in [1.29, 1.82) is 0 Å². The standard InChI is InChI=1S/C32H30/c1-5-2-7-12(5)14-13(7)15-16(14)22-17(15)19-10-4-11-21-24-20-9-3-8-6(1)18-23-25-26-28(19,22)29(10,11)32(21,26)31(24,25)30(20,23)27(8,9)18/h5-26H,1-4H2. The third-order valence-corrected chi connectivity index (χ3v) is 23.0. The Hall–Kier alpha value is 0. The lowest BCUT2D eigenvalue weighted by Gasteiger charge is -3.32. The second kappa shape index (κ2) is 2.48. The van der Waals surface area contributed by atoms with E-state index in [1.54, 1.807) is 25.7 Å². The Morgan fingerprint density at radius 2 is 1.19 bits per heavy atom. The van der Waals surface area contributed by atoms with Crippen molar-refractivity contribution in [3.63, 3.8) is 0 Å². The lowest BCUT2D eigenvalue weighted by molar-refractivity contribution is -0.863. The Morgan fingerprint density at radius 3 is 2.19 bits per heavy atom. The zero-order valence-corrected chi connectivity index (χ0v) is 18.5. The van der Waals surface area contributed by atoms with Crippen LogP contribution in [0.3, 0.4) is 0 Å². The molecule has 158 valence electrons. The van der Waals surface area contributed by atoms with E-state index in [9.17, 15) is 0 Å². The topological polar surface area (TPSA) is 0 Å². The molecule has 28 unspecified atom stereocenters. The number of hydrogen-bond acceptors (Lipinski definition) is 0. The fourth-order valence-corrected chi connectivity index (χ4v) is 25.8. The Kier molecular flexibility index (Phi) is 0.994. The summed E-state index contributed by atoms with van der Waals surface area (Å²) in [6.45, 7) is 0. The van der Waals surface area contributed by atoms with Gasteiger partial charge in [-0.1, -0.05) is 0 Å². The SMILES string of the molecule is C1C2CC3C4CC5C6C7C8C9CC%10C%11C%12C%13C%14C1C2C%14C%13C%12C%111C2C%11C%12C3C45C6%12C7%11C82C%1091. The Bertz CT molecular complexity index is 1430. The molecule has 18 saturated carbocycles. The predicted octanol–water partition coefficient (Wildman–Crippen LogP) is 4.27. The van der Waals surface area contributed by atoms with Crippen LogP contribution in [-0.2, 0) is 0 Å². The second-order valence-electron chi connectivity index (χ2n) is 18.9. The van der Waals surface area contributed by atoms with Crippen LogP contribution >= 0.6 is 0 Å². The van der Waals surface area contributed by atoms with E-state index in [4.69, 9.17) is 0 Å². The van der Waals surface area contributed by atoms with Gasteiger partial charge in [-0.2, -0.15) is 0 Å². The summed E-state index contributed by atoms with van der Waals surface area (Å²) in [7, 11) is 0. The molecule has 0 radical (unpaired) electrons. The highest BCUT2D eigenvalue weighted by Crippen LogP contribution is 3.32. The molecule has 0 aromatic carbocycles. The quantitative estimate of drug-likeness (QED) is 0.555. The lowest BCUT2D eigenvalue weighted by atomic mass is 8.71. The van der Waals surface area contributed by atoms with Gasteiger partial charge in [-0.3, -0.25) is 0 Å². The maximum atomic E-state index is 1.79. The average Bonchev–Trinajstić information content (AvgIpc) is 2.67. The van der Waals surface area contributed by atoms with Crippen LogP contribution in [0.4, 0.5) is 0 Å². The summed E-state index contributed by atoms with van der Waals surface area (Å²) >= 11 is 0. The first-order valence-electron chi connectivity index (χ1n) is 15.9. The highest BCUT2D eigenvalue weighted by Gasteiger charge is 3.30. The van der Waals surface area contributed by atoms with Gasteiger partial charge in [0.05, 0.1) is 0 Å². The van der Waals surface area contributed by atoms with Crippen molar-refractivity contribution in [3.05, 3.63) is 0 Å². The van der Waals surface area contributed by atoms with E-state index in [0.717, 1.165) is 32.5 Å². The van der Waals surface area contributed by atoms with Gasteiger partial charge in [-0.25, -0.2) is 0 Å². The summed E-state index contributed by atoms with van der Waals surface area (Å²) in [5.74, 6) is 29.3. The first kappa shape index (κ1) is 12.8. The summed E-state index contributed by atoms with van der Waals surface area (Å²) in [4.78, 5) is 0. The summed E-state index contributed by atoms with van der Waals surface area (Å²) in [6, 6.07) is 0. The molecule has 0 aromatic heterocycles. The van der Waals surface area contributed by atoms with Gasteiger partial charge in [0, 0.05) is 0 Å². The molecule has 18 rings (SSSR count). The van der Waals surface area contributed by atoms with Crippen LogP contribution in [0.25, 0.3) is 0 Å². The molecule has 28 atom stereocenters. The van der Waals surface area contributed by atoms with Gasteiger partial charge in [0.2, 0.25) is 0 Å². The number of rotatable bonds is 0. The summed E-state index contributed by atoms with van der Waals surface area (Å²) in [5, 5.41) is 0. The molecule has 32 heavy (non-hydrogen) atoms. The Morgan fingerprint density at radius 1 is 0.375 bits per heavy atom. The zero-order valence-electron chi connectivity index (χ0n) is 18.5. The molecule has 18 aliphatic carbocycles. The van der Waals surface area contributed by atoms with E-state index >= 15 is 0 Å². The molecule has 0 aliphatic heterocycles. The normalized spacial score (nSPS) is 113. The van der Waals surface area contributed by atoms with E-state index in [-0.39, 0.29) is 0 Å². The molecule has 0 N–H and O–H groups in total. The molecule has 6 spiro atoms. The lowest BCUT2D eigenvalue weighted by Crippen LogP contribution is -3.29. The summed E-state index contributed by atoms with van der Waals surface area (Å²) in [5.41, 5.74) is 6.48. The Labute approximate surface area is 188 Å². The minimum Gasteiger partial charge on any atom is -0.0467 e. The molecule has 0 nitrogen and oxygen atoms in total. The predicted molar refractivity (Wildman–Crippen MR) is 110 cm³/mol. The molecule has 0 heteroatoms. The van der Waals surface area contributed by atoms with E-state index in [1.165, 1.54) is 130 Å². The van der Waals surface area contributed by atoms with Crippen molar-refractivity contribution in [2.45, 2.75) is 25.7 Å². The van der Waals surface area contributed by atoms with Crippen LogP contribution in [0, 0.1) is 163 Å². The molecule has 0 saturated heterocycles. The first-order chi connectivity index (χ1) is 15.9. The fraction of sp³-hybridized carbons (Fsp3) is 1.00. The molecule has 0 amide bonds. The van der Waals surface area contributed by atoms with Crippen molar-refractivity contribution in [2.75, 3.05) is 0 Å². The molecule has 0 heterocycles. The minimum atomic E-state index is 1.06. The van der Waals surface area contributed by atoms with Crippen LogP contribution in [-0.4, -0.2) is 0 Å². The fourth-order valence-electron chi connectivity index (χ4n) is 25.8. The maximum absolute atomic E-state index is 1.79. The van der Waals surface area contributed by atoms with Gasteiger partial charge < -0.3 is 0 Å². The van der Waals surface area contributed by atoms with Crippen molar-refractivity contribution in [1.82, 2.24) is 0 Å². The molecular formula is C32H30. The van der Waals surface area contributed by atoms with Crippen molar-refractivity contribution >= 4 is 0 Å². The van der Waals surface area contributed by atoms with Gasteiger partial charge in [0.25, 0.3) is 0 Å². The van der Waals surface area contributed by atoms with Gasteiger partial charge >= 0.3 is 0 Å². The average molecular weight is 415 g/mol. The van der Waals surface area contributed by atoms with Gasteiger partial charge in [-0.15, -0.1) is 0 Å². The van der Waals surface area contributed by atoms with Crippen LogP contribution in [0.1, 0.15) is 25.7 Å². The van der Waals surface area contributed by atoms with Crippen LogP contribution in [0.15, 0.2) is 0 Å². The van der Waals surface area contributed by atoms with Gasteiger partial charge in [0.1, 0.15) is 0 Å². The summed E-state index contributed by atoms with van der Waals surface area (Å²) in [6.07, 6.45) is 7.08. The molecule has 18 fully saturated rings. The monoisotopic (exact) mass is 414 g/mol.